The number of carbonyl (C=O) groups is 1. The lowest BCUT2D eigenvalue weighted by molar-refractivity contribution is -0.139. The van der Waals surface area contributed by atoms with Crippen molar-refractivity contribution in [2.24, 2.45) is 0 Å². The van der Waals surface area contributed by atoms with Gasteiger partial charge in [0.2, 0.25) is 0 Å². The molecule has 0 saturated heterocycles. The summed E-state index contributed by atoms with van der Waals surface area (Å²) >= 11 is 5.25. The summed E-state index contributed by atoms with van der Waals surface area (Å²) in [5, 5.41) is 7.56. The summed E-state index contributed by atoms with van der Waals surface area (Å²) < 4.78 is 63.0. The maximum atomic E-state index is 12.7. The van der Waals surface area contributed by atoms with Gasteiger partial charge in [-0.2, -0.15) is 13.2 Å². The van der Waals surface area contributed by atoms with Gasteiger partial charge < -0.3 is 5.11 Å². The molecule has 0 fully saturated rings. The molecule has 0 saturated carbocycles. The molecule has 1 aromatic rings. The number of nitrogens with zero attached hydrogens (tertiary/aromatic N) is 1. The predicted molar refractivity (Wildman–Crippen MR) is 50.5 cm³/mol. The van der Waals surface area contributed by atoms with Gasteiger partial charge in [0.05, 0.1) is 17.0 Å². The predicted octanol–water partition coefficient (Wildman–Crippen LogP) is 3.32. The standard InChI is InChI=1S/C9H5ClF5NO2/c10-4-2-16-7(8(11)12)3(1-5(17)18)6(4)9(13,14)15/h2,8H,1H2,(H,17,18). The summed E-state index contributed by atoms with van der Waals surface area (Å²) in [5.74, 6) is -1.69. The van der Waals surface area contributed by atoms with Crippen molar-refractivity contribution in [3.63, 3.8) is 0 Å². The van der Waals surface area contributed by atoms with Crippen LogP contribution in [0.1, 0.15) is 23.2 Å². The highest BCUT2D eigenvalue weighted by atomic mass is 35.5. The van der Waals surface area contributed by atoms with Gasteiger partial charge in [-0.25, -0.2) is 8.78 Å². The van der Waals surface area contributed by atoms with Crippen molar-refractivity contribution >= 4 is 17.6 Å². The summed E-state index contributed by atoms with van der Waals surface area (Å²) in [6, 6.07) is 0. The van der Waals surface area contributed by atoms with Crippen molar-refractivity contribution in [2.75, 3.05) is 0 Å². The lowest BCUT2D eigenvalue weighted by atomic mass is 10.0. The van der Waals surface area contributed by atoms with Crippen LogP contribution in [0, 0.1) is 0 Å². The van der Waals surface area contributed by atoms with Gasteiger partial charge in [0, 0.05) is 11.8 Å². The van der Waals surface area contributed by atoms with Crippen LogP contribution >= 0.6 is 11.6 Å². The van der Waals surface area contributed by atoms with E-state index in [0.29, 0.717) is 6.20 Å². The third-order valence-corrected chi connectivity index (χ3v) is 2.27. The second-order valence-electron chi connectivity index (χ2n) is 3.21. The van der Waals surface area contributed by atoms with Gasteiger partial charge in [0.15, 0.2) is 0 Å². The monoisotopic (exact) mass is 289 g/mol. The van der Waals surface area contributed by atoms with E-state index in [1.807, 2.05) is 0 Å². The summed E-state index contributed by atoms with van der Waals surface area (Å²) in [7, 11) is 0. The minimum absolute atomic E-state index is 0.428. The van der Waals surface area contributed by atoms with Crippen LogP contribution in [0.25, 0.3) is 0 Å². The highest BCUT2D eigenvalue weighted by molar-refractivity contribution is 6.31. The Kier molecular flexibility index (Phi) is 4.10. The highest BCUT2D eigenvalue weighted by Gasteiger charge is 2.39. The van der Waals surface area contributed by atoms with Crippen molar-refractivity contribution in [2.45, 2.75) is 19.0 Å². The van der Waals surface area contributed by atoms with E-state index in [-0.39, 0.29) is 0 Å². The topological polar surface area (TPSA) is 50.2 Å². The van der Waals surface area contributed by atoms with Crippen LogP contribution in [0.2, 0.25) is 5.02 Å². The minimum atomic E-state index is -5.03. The maximum Gasteiger partial charge on any atom is 0.418 e. The molecule has 0 aliphatic rings. The third kappa shape index (κ3) is 3.06. The number of rotatable bonds is 3. The number of carboxylic acids is 1. The van der Waals surface area contributed by atoms with Crippen LogP contribution in [0.5, 0.6) is 0 Å². The normalized spacial score (nSPS) is 11.9. The molecule has 0 radical (unpaired) electrons. The zero-order chi connectivity index (χ0) is 14.1. The fourth-order valence-corrected chi connectivity index (χ4v) is 1.64. The maximum absolute atomic E-state index is 12.7. The van der Waals surface area contributed by atoms with Gasteiger partial charge in [0.25, 0.3) is 6.43 Å². The lowest BCUT2D eigenvalue weighted by Crippen LogP contribution is -2.16. The molecule has 100 valence electrons. The first-order valence-electron chi connectivity index (χ1n) is 4.39. The third-order valence-electron chi connectivity index (χ3n) is 1.98. The molecule has 0 bridgehead atoms. The molecular formula is C9H5ClF5NO2. The molecule has 3 nitrogen and oxygen atoms in total. The van der Waals surface area contributed by atoms with Crippen molar-refractivity contribution in [1.29, 1.82) is 0 Å². The number of pyridine rings is 1. The summed E-state index contributed by atoms with van der Waals surface area (Å²) in [6.07, 6.45) is -9.16. The van der Waals surface area contributed by atoms with E-state index in [9.17, 15) is 26.7 Å². The Balaban J connectivity index is 3.55. The molecule has 0 aliphatic heterocycles. The van der Waals surface area contributed by atoms with Gasteiger partial charge >= 0.3 is 12.1 Å². The highest BCUT2D eigenvalue weighted by Crippen LogP contribution is 2.39. The van der Waals surface area contributed by atoms with Gasteiger partial charge in [-0.15, -0.1) is 0 Å². The number of halogens is 6. The number of hydrogen-bond acceptors (Lipinski definition) is 2. The number of hydrogen-bond donors (Lipinski definition) is 1. The Labute approximate surface area is 102 Å². The number of carboxylic acid groups (broad SMARTS) is 1. The van der Waals surface area contributed by atoms with Crippen LogP contribution < -0.4 is 0 Å². The average molecular weight is 290 g/mol. The molecule has 0 spiro atoms. The van der Waals surface area contributed by atoms with E-state index in [2.05, 4.69) is 4.98 Å². The Hall–Kier alpha value is -1.44. The SMILES string of the molecule is O=C(O)Cc1c(C(F)F)ncc(Cl)c1C(F)(F)F. The fourth-order valence-electron chi connectivity index (χ4n) is 1.37. The van der Waals surface area contributed by atoms with Gasteiger partial charge in [-0.05, 0) is 0 Å². The van der Waals surface area contributed by atoms with E-state index in [1.165, 1.54) is 0 Å². The molecule has 1 rings (SSSR count). The molecule has 1 N–H and O–H groups in total. The molecule has 9 heteroatoms. The molecule has 0 amide bonds. The fraction of sp³-hybridized carbons (Fsp3) is 0.333. The Morgan fingerprint density at radius 2 is 2.00 bits per heavy atom. The van der Waals surface area contributed by atoms with Gasteiger partial charge in [-0.3, -0.25) is 9.78 Å². The number of alkyl halides is 5. The van der Waals surface area contributed by atoms with E-state index in [0.717, 1.165) is 0 Å². The zero-order valence-electron chi connectivity index (χ0n) is 8.43. The Morgan fingerprint density at radius 3 is 2.39 bits per heavy atom. The molecule has 0 unspecified atom stereocenters. The second kappa shape index (κ2) is 5.05. The van der Waals surface area contributed by atoms with Crippen LogP contribution in [0.15, 0.2) is 6.20 Å². The van der Waals surface area contributed by atoms with Gasteiger partial charge in [0.1, 0.15) is 5.69 Å². The van der Waals surface area contributed by atoms with Crippen LogP contribution in [-0.4, -0.2) is 16.1 Å². The smallest absolute Gasteiger partial charge is 0.418 e. The molecule has 0 aliphatic carbocycles. The lowest BCUT2D eigenvalue weighted by Gasteiger charge is -2.16. The second-order valence-corrected chi connectivity index (χ2v) is 3.62. The Bertz CT molecular complexity index is 475. The van der Waals surface area contributed by atoms with E-state index in [4.69, 9.17) is 16.7 Å². The summed E-state index contributed by atoms with van der Waals surface area (Å²) in [4.78, 5) is 13.5. The molecular weight excluding hydrogens is 285 g/mol. The van der Waals surface area contributed by atoms with Gasteiger partial charge in [-0.1, -0.05) is 11.6 Å². The van der Waals surface area contributed by atoms with Crippen molar-refractivity contribution < 1.29 is 31.9 Å². The van der Waals surface area contributed by atoms with Crippen molar-refractivity contribution in [3.8, 4) is 0 Å². The van der Waals surface area contributed by atoms with Crippen molar-refractivity contribution in [3.05, 3.63) is 28.0 Å². The summed E-state index contributed by atoms with van der Waals surface area (Å²) in [5.41, 5.74) is -3.93. The molecule has 0 aromatic carbocycles. The van der Waals surface area contributed by atoms with Crippen LogP contribution in [0.4, 0.5) is 22.0 Å². The first-order valence-corrected chi connectivity index (χ1v) is 4.76. The number of aromatic nitrogens is 1. The first-order chi connectivity index (χ1) is 8.14. The minimum Gasteiger partial charge on any atom is -0.481 e. The van der Waals surface area contributed by atoms with Crippen molar-refractivity contribution in [1.82, 2.24) is 4.98 Å². The Morgan fingerprint density at radius 1 is 1.44 bits per heavy atom. The van der Waals surface area contributed by atoms with E-state index in [1.54, 1.807) is 0 Å². The quantitative estimate of drug-likeness (QED) is 0.869. The number of aliphatic carboxylic acids is 1. The summed E-state index contributed by atoms with van der Waals surface area (Å²) in [6.45, 7) is 0. The molecule has 1 heterocycles. The first kappa shape index (κ1) is 14.6. The van der Waals surface area contributed by atoms with E-state index < -0.39 is 46.8 Å². The molecule has 18 heavy (non-hydrogen) atoms. The van der Waals surface area contributed by atoms with Crippen LogP contribution in [-0.2, 0) is 17.4 Å². The van der Waals surface area contributed by atoms with E-state index >= 15 is 0 Å². The zero-order valence-corrected chi connectivity index (χ0v) is 9.19. The van der Waals surface area contributed by atoms with Crippen LogP contribution in [0.3, 0.4) is 0 Å². The average Bonchev–Trinajstić information content (AvgIpc) is 2.13. The molecule has 0 atom stereocenters. The largest absolute Gasteiger partial charge is 0.481 e. The molecule has 1 aromatic heterocycles.